The Labute approximate surface area is 175 Å². The van der Waals surface area contributed by atoms with Gasteiger partial charge in [0.1, 0.15) is 5.75 Å². The van der Waals surface area contributed by atoms with E-state index < -0.39 is 0 Å². The van der Waals surface area contributed by atoms with E-state index in [1.54, 1.807) is 40.8 Å². The number of rotatable bonds is 5. The van der Waals surface area contributed by atoms with E-state index in [0.717, 1.165) is 22.6 Å². The summed E-state index contributed by atoms with van der Waals surface area (Å²) < 4.78 is 6.90. The summed E-state index contributed by atoms with van der Waals surface area (Å²) in [5.74, 6) is 1.62. The lowest BCUT2D eigenvalue weighted by atomic mass is 10.1. The SMILES string of the molecule is COc1ccc(C(=O)N(Cc2nc3nc(C)cc(C)n3n2)c2ccc(C)cc2)cc1. The first-order chi connectivity index (χ1) is 14.4. The number of aromatic nitrogens is 4. The summed E-state index contributed by atoms with van der Waals surface area (Å²) >= 11 is 0. The number of benzene rings is 2. The van der Waals surface area contributed by atoms with Gasteiger partial charge in [-0.3, -0.25) is 4.79 Å². The van der Waals surface area contributed by atoms with Crippen LogP contribution in [-0.2, 0) is 6.54 Å². The topological polar surface area (TPSA) is 72.6 Å². The molecule has 0 saturated heterocycles. The first-order valence-corrected chi connectivity index (χ1v) is 9.67. The molecule has 0 saturated carbocycles. The van der Waals surface area contributed by atoms with Gasteiger partial charge in [0, 0.05) is 22.6 Å². The molecule has 0 aliphatic rings. The number of hydrogen-bond donors (Lipinski definition) is 0. The Hall–Kier alpha value is -3.74. The summed E-state index contributed by atoms with van der Waals surface area (Å²) in [6.07, 6.45) is 0. The molecule has 0 N–H and O–H groups in total. The Morgan fingerprint density at radius 2 is 1.70 bits per heavy atom. The van der Waals surface area contributed by atoms with E-state index in [9.17, 15) is 4.79 Å². The maximum atomic E-state index is 13.4. The van der Waals surface area contributed by atoms with Crippen LogP contribution in [0.2, 0.25) is 0 Å². The summed E-state index contributed by atoms with van der Waals surface area (Å²) in [5.41, 5.74) is 4.28. The maximum Gasteiger partial charge on any atom is 0.258 e. The molecule has 0 spiro atoms. The number of fused-ring (bicyclic) bond motifs is 1. The first kappa shape index (κ1) is 19.6. The lowest BCUT2D eigenvalue weighted by molar-refractivity contribution is 0.0984. The second-order valence-electron chi connectivity index (χ2n) is 7.23. The molecule has 4 aromatic rings. The Balaban J connectivity index is 1.72. The molecule has 2 heterocycles. The van der Waals surface area contributed by atoms with E-state index in [2.05, 4.69) is 15.1 Å². The minimum Gasteiger partial charge on any atom is -0.497 e. The number of hydrogen-bond acceptors (Lipinski definition) is 5. The molecule has 0 unspecified atom stereocenters. The fourth-order valence-corrected chi connectivity index (χ4v) is 3.31. The number of aryl methyl sites for hydroxylation is 3. The smallest absolute Gasteiger partial charge is 0.258 e. The highest BCUT2D eigenvalue weighted by atomic mass is 16.5. The van der Waals surface area contributed by atoms with Crippen LogP contribution in [0.5, 0.6) is 5.75 Å². The number of carbonyl (C=O) groups excluding carboxylic acids is 1. The Morgan fingerprint density at radius 1 is 1.00 bits per heavy atom. The second-order valence-corrected chi connectivity index (χ2v) is 7.23. The van der Waals surface area contributed by atoms with E-state index in [-0.39, 0.29) is 12.5 Å². The fourth-order valence-electron chi connectivity index (χ4n) is 3.31. The standard InChI is InChI=1S/C23H23N5O2/c1-15-5-9-19(10-6-15)27(22(29)18-7-11-20(30-4)12-8-18)14-21-25-23-24-16(2)13-17(3)28(23)26-21/h5-13H,14H2,1-4H3. The highest BCUT2D eigenvalue weighted by molar-refractivity contribution is 6.06. The van der Waals surface area contributed by atoms with Crippen LogP contribution in [0.4, 0.5) is 5.69 Å². The zero-order valence-electron chi connectivity index (χ0n) is 17.5. The highest BCUT2D eigenvalue weighted by Gasteiger charge is 2.21. The van der Waals surface area contributed by atoms with Gasteiger partial charge in [0.15, 0.2) is 5.82 Å². The molecule has 2 aromatic heterocycles. The van der Waals surface area contributed by atoms with Crippen molar-refractivity contribution in [3.63, 3.8) is 0 Å². The van der Waals surface area contributed by atoms with Crippen LogP contribution < -0.4 is 9.64 Å². The van der Waals surface area contributed by atoms with Crippen molar-refractivity contribution in [2.45, 2.75) is 27.3 Å². The van der Waals surface area contributed by atoms with Gasteiger partial charge in [0.25, 0.3) is 11.7 Å². The zero-order valence-corrected chi connectivity index (χ0v) is 17.5. The summed E-state index contributed by atoms with van der Waals surface area (Å²) in [4.78, 5) is 24.0. The predicted molar refractivity (Wildman–Crippen MR) is 115 cm³/mol. The second kappa shape index (κ2) is 7.94. The van der Waals surface area contributed by atoms with Crippen LogP contribution in [0.15, 0.2) is 54.6 Å². The number of carbonyl (C=O) groups is 1. The van der Waals surface area contributed by atoms with Crippen LogP contribution in [-0.4, -0.2) is 32.6 Å². The Morgan fingerprint density at radius 3 is 2.37 bits per heavy atom. The third-order valence-corrected chi connectivity index (χ3v) is 4.89. The van der Waals surface area contributed by atoms with Gasteiger partial charge in [-0.2, -0.15) is 4.98 Å². The normalized spacial score (nSPS) is 10.9. The summed E-state index contributed by atoms with van der Waals surface area (Å²) in [6, 6.07) is 16.8. The third-order valence-electron chi connectivity index (χ3n) is 4.89. The van der Waals surface area contributed by atoms with E-state index >= 15 is 0 Å². The molecule has 1 amide bonds. The van der Waals surface area contributed by atoms with E-state index in [4.69, 9.17) is 4.74 Å². The van der Waals surface area contributed by atoms with E-state index in [1.165, 1.54) is 0 Å². The van der Waals surface area contributed by atoms with Gasteiger partial charge in [-0.05, 0) is 63.2 Å². The number of amides is 1. The molecule has 0 radical (unpaired) electrons. The quantitative estimate of drug-likeness (QED) is 0.507. The van der Waals surface area contributed by atoms with Crippen molar-refractivity contribution < 1.29 is 9.53 Å². The van der Waals surface area contributed by atoms with Crippen LogP contribution >= 0.6 is 0 Å². The molecule has 0 aliphatic heterocycles. The number of methoxy groups -OCH3 is 1. The largest absolute Gasteiger partial charge is 0.497 e. The summed E-state index contributed by atoms with van der Waals surface area (Å²) in [5, 5.41) is 4.57. The van der Waals surface area contributed by atoms with Crippen LogP contribution in [0.25, 0.3) is 5.78 Å². The average Bonchev–Trinajstić information content (AvgIpc) is 3.15. The lowest BCUT2D eigenvalue weighted by Gasteiger charge is -2.22. The molecule has 0 atom stereocenters. The van der Waals surface area contributed by atoms with Crippen molar-refractivity contribution >= 4 is 17.4 Å². The monoisotopic (exact) mass is 401 g/mol. The van der Waals surface area contributed by atoms with E-state index in [0.29, 0.717) is 22.9 Å². The number of nitrogens with zero attached hydrogens (tertiary/aromatic N) is 5. The van der Waals surface area contributed by atoms with Crippen molar-refractivity contribution in [1.29, 1.82) is 0 Å². The van der Waals surface area contributed by atoms with Crippen LogP contribution in [0.3, 0.4) is 0 Å². The molecular formula is C23H23N5O2. The number of ether oxygens (including phenoxy) is 1. The summed E-state index contributed by atoms with van der Waals surface area (Å²) in [6.45, 7) is 6.13. The Bertz CT molecular complexity index is 1200. The predicted octanol–water partition coefficient (Wildman–Crippen LogP) is 3.91. The third kappa shape index (κ3) is 3.87. The first-order valence-electron chi connectivity index (χ1n) is 9.67. The van der Waals surface area contributed by atoms with Gasteiger partial charge in [-0.15, -0.1) is 5.10 Å². The van der Waals surface area contributed by atoms with Crippen molar-refractivity contribution in [3.05, 3.63) is 82.9 Å². The van der Waals surface area contributed by atoms with Gasteiger partial charge in [-0.25, -0.2) is 9.50 Å². The minimum atomic E-state index is -0.138. The van der Waals surface area contributed by atoms with Gasteiger partial charge >= 0.3 is 0 Å². The van der Waals surface area contributed by atoms with Crippen molar-refractivity contribution in [1.82, 2.24) is 19.6 Å². The molecule has 4 rings (SSSR count). The van der Waals surface area contributed by atoms with Gasteiger partial charge < -0.3 is 9.64 Å². The van der Waals surface area contributed by atoms with E-state index in [1.807, 2.05) is 51.1 Å². The molecule has 0 aliphatic carbocycles. The number of anilines is 1. The molecule has 0 fully saturated rings. The molecular weight excluding hydrogens is 378 g/mol. The van der Waals surface area contributed by atoms with Crippen molar-refractivity contribution in [2.75, 3.05) is 12.0 Å². The van der Waals surface area contributed by atoms with Crippen molar-refractivity contribution in [3.8, 4) is 5.75 Å². The zero-order chi connectivity index (χ0) is 21.3. The molecule has 2 aromatic carbocycles. The summed E-state index contributed by atoms with van der Waals surface area (Å²) in [7, 11) is 1.60. The van der Waals surface area contributed by atoms with Gasteiger partial charge in [0.05, 0.1) is 13.7 Å². The molecule has 30 heavy (non-hydrogen) atoms. The minimum absolute atomic E-state index is 0.138. The molecule has 7 heteroatoms. The fraction of sp³-hybridized carbons (Fsp3) is 0.217. The van der Waals surface area contributed by atoms with Crippen LogP contribution in [0, 0.1) is 20.8 Å². The van der Waals surface area contributed by atoms with Gasteiger partial charge in [-0.1, -0.05) is 17.7 Å². The lowest BCUT2D eigenvalue weighted by Crippen LogP contribution is -2.31. The average molecular weight is 401 g/mol. The van der Waals surface area contributed by atoms with Crippen molar-refractivity contribution in [2.24, 2.45) is 0 Å². The molecule has 7 nitrogen and oxygen atoms in total. The molecule has 152 valence electrons. The Kier molecular flexibility index (Phi) is 5.18. The highest BCUT2D eigenvalue weighted by Crippen LogP contribution is 2.22. The van der Waals surface area contributed by atoms with Crippen LogP contribution in [0.1, 0.15) is 33.1 Å². The molecule has 0 bridgehead atoms. The van der Waals surface area contributed by atoms with Gasteiger partial charge in [0.2, 0.25) is 0 Å². The maximum absolute atomic E-state index is 13.4.